The molecule has 0 bridgehead atoms. The third-order valence-corrected chi connectivity index (χ3v) is 5.42. The lowest BCUT2D eigenvalue weighted by Gasteiger charge is -2.37. The molecule has 1 saturated carbocycles. The molecule has 5 heteroatoms. The molecule has 2 aliphatic rings. The molecule has 0 atom stereocenters. The number of imide groups is 1. The highest BCUT2D eigenvalue weighted by Crippen LogP contribution is 2.40. The molecule has 138 valence electrons. The van der Waals surface area contributed by atoms with Crippen LogP contribution in [0.1, 0.15) is 53.6 Å². The van der Waals surface area contributed by atoms with Gasteiger partial charge in [0.1, 0.15) is 17.2 Å². The molecular formula is C22H21FN2O2. The van der Waals surface area contributed by atoms with E-state index in [-0.39, 0.29) is 5.91 Å². The predicted octanol–water partition coefficient (Wildman–Crippen LogP) is 4.27. The van der Waals surface area contributed by atoms with E-state index in [1.807, 2.05) is 31.2 Å². The van der Waals surface area contributed by atoms with Crippen LogP contribution in [-0.4, -0.2) is 28.1 Å². The number of halogens is 1. The van der Waals surface area contributed by atoms with Crippen LogP contribution >= 0.6 is 0 Å². The quantitative estimate of drug-likeness (QED) is 0.748. The van der Waals surface area contributed by atoms with Crippen molar-refractivity contribution in [2.75, 3.05) is 0 Å². The average Bonchev–Trinajstić information content (AvgIpc) is 2.95. The fourth-order valence-corrected chi connectivity index (χ4v) is 3.96. The molecule has 1 aliphatic heterocycles. The molecule has 27 heavy (non-hydrogen) atoms. The van der Waals surface area contributed by atoms with Crippen LogP contribution in [0.4, 0.5) is 4.39 Å². The molecule has 1 fully saturated rings. The molecular weight excluding hydrogens is 343 g/mol. The summed E-state index contributed by atoms with van der Waals surface area (Å²) >= 11 is 0. The number of carbonyl (C=O) groups is 2. The van der Waals surface area contributed by atoms with Crippen molar-refractivity contribution in [2.24, 2.45) is 4.99 Å². The standard InChI is InChI=1S/C22H21FN2O2/c1-15-5-7-16(8-6-15)19-21(27)25(22(24-19)13-3-2-4-14-22)20(26)17-9-11-18(23)12-10-17/h5-12H,2-4,13-14H2,1H3. The molecule has 0 aromatic heterocycles. The van der Waals surface area contributed by atoms with Crippen LogP contribution in [-0.2, 0) is 4.79 Å². The van der Waals surface area contributed by atoms with Gasteiger partial charge in [-0.15, -0.1) is 0 Å². The van der Waals surface area contributed by atoms with E-state index in [9.17, 15) is 14.0 Å². The molecule has 2 aromatic rings. The van der Waals surface area contributed by atoms with Gasteiger partial charge in [0.25, 0.3) is 11.8 Å². The summed E-state index contributed by atoms with van der Waals surface area (Å²) in [6.07, 6.45) is 4.25. The second-order valence-electron chi connectivity index (χ2n) is 7.32. The molecule has 1 heterocycles. The first kappa shape index (κ1) is 17.6. The molecule has 0 radical (unpaired) electrons. The zero-order valence-electron chi connectivity index (χ0n) is 15.2. The molecule has 1 spiro atoms. The Morgan fingerprint density at radius 3 is 2.26 bits per heavy atom. The maximum Gasteiger partial charge on any atom is 0.281 e. The van der Waals surface area contributed by atoms with Gasteiger partial charge in [0, 0.05) is 11.1 Å². The van der Waals surface area contributed by atoms with Crippen molar-refractivity contribution in [1.29, 1.82) is 0 Å². The molecule has 4 rings (SSSR count). The molecule has 0 N–H and O–H groups in total. The van der Waals surface area contributed by atoms with Gasteiger partial charge in [-0.25, -0.2) is 9.29 Å². The van der Waals surface area contributed by atoms with Crippen LogP contribution in [0.25, 0.3) is 0 Å². The van der Waals surface area contributed by atoms with Crippen LogP contribution < -0.4 is 0 Å². The number of hydrogen-bond acceptors (Lipinski definition) is 3. The number of amides is 2. The Balaban J connectivity index is 1.76. The van der Waals surface area contributed by atoms with E-state index >= 15 is 0 Å². The molecule has 2 aromatic carbocycles. The van der Waals surface area contributed by atoms with Gasteiger partial charge in [-0.1, -0.05) is 36.2 Å². The lowest BCUT2D eigenvalue weighted by molar-refractivity contribution is -0.125. The number of aliphatic imine (C=N–C) groups is 1. The molecule has 1 aliphatic carbocycles. The first-order valence-corrected chi connectivity index (χ1v) is 9.32. The van der Waals surface area contributed by atoms with Gasteiger partial charge >= 0.3 is 0 Å². The van der Waals surface area contributed by atoms with Crippen molar-refractivity contribution < 1.29 is 14.0 Å². The van der Waals surface area contributed by atoms with Crippen molar-refractivity contribution in [3.63, 3.8) is 0 Å². The first-order valence-electron chi connectivity index (χ1n) is 9.32. The zero-order chi connectivity index (χ0) is 19.0. The monoisotopic (exact) mass is 364 g/mol. The Bertz CT molecular complexity index is 910. The highest BCUT2D eigenvalue weighted by atomic mass is 19.1. The maximum absolute atomic E-state index is 13.3. The van der Waals surface area contributed by atoms with Crippen molar-refractivity contribution >= 4 is 17.5 Å². The van der Waals surface area contributed by atoms with E-state index in [1.165, 1.54) is 29.2 Å². The molecule has 4 nitrogen and oxygen atoms in total. The zero-order valence-corrected chi connectivity index (χ0v) is 15.2. The number of hydrogen-bond donors (Lipinski definition) is 0. The van der Waals surface area contributed by atoms with E-state index in [2.05, 4.69) is 0 Å². The highest BCUT2D eigenvalue weighted by molar-refractivity contribution is 6.49. The van der Waals surface area contributed by atoms with Crippen LogP contribution in [0, 0.1) is 12.7 Å². The summed E-state index contributed by atoms with van der Waals surface area (Å²) in [4.78, 5) is 32.5. The summed E-state index contributed by atoms with van der Waals surface area (Å²) in [5.74, 6) is -1.19. The van der Waals surface area contributed by atoms with Crippen LogP contribution in [0.15, 0.2) is 53.5 Å². The lowest BCUT2D eigenvalue weighted by Crippen LogP contribution is -2.51. The smallest absolute Gasteiger partial charge is 0.269 e. The molecule has 0 unspecified atom stereocenters. The summed E-state index contributed by atoms with van der Waals surface area (Å²) in [5.41, 5.74) is 1.64. The van der Waals surface area contributed by atoms with E-state index in [1.54, 1.807) is 0 Å². The summed E-state index contributed by atoms with van der Waals surface area (Å²) in [6.45, 7) is 1.98. The van der Waals surface area contributed by atoms with Gasteiger partial charge in [-0.05, 0) is 56.9 Å². The summed E-state index contributed by atoms with van der Waals surface area (Å²) in [7, 11) is 0. The maximum atomic E-state index is 13.3. The molecule has 0 saturated heterocycles. The third kappa shape index (κ3) is 3.07. The lowest BCUT2D eigenvalue weighted by atomic mass is 9.88. The largest absolute Gasteiger partial charge is 0.281 e. The van der Waals surface area contributed by atoms with Crippen molar-refractivity contribution in [1.82, 2.24) is 4.90 Å². The van der Waals surface area contributed by atoms with Gasteiger partial charge in [0.15, 0.2) is 0 Å². The Hall–Kier alpha value is -2.82. The first-order chi connectivity index (χ1) is 13.0. The van der Waals surface area contributed by atoms with Gasteiger partial charge in [0.2, 0.25) is 0 Å². The average molecular weight is 364 g/mol. The number of rotatable bonds is 2. The Morgan fingerprint density at radius 1 is 1.00 bits per heavy atom. The summed E-state index contributed by atoms with van der Waals surface area (Å²) in [6, 6.07) is 12.9. The van der Waals surface area contributed by atoms with E-state index in [0.717, 1.165) is 30.4 Å². The van der Waals surface area contributed by atoms with Crippen molar-refractivity contribution in [3.8, 4) is 0 Å². The number of carbonyl (C=O) groups excluding carboxylic acids is 2. The summed E-state index contributed by atoms with van der Waals surface area (Å²) < 4.78 is 13.3. The van der Waals surface area contributed by atoms with Crippen LogP contribution in [0.2, 0.25) is 0 Å². The van der Waals surface area contributed by atoms with Crippen LogP contribution in [0.5, 0.6) is 0 Å². The minimum absolute atomic E-state index is 0.301. The number of nitrogens with zero attached hydrogens (tertiary/aromatic N) is 2. The van der Waals surface area contributed by atoms with Gasteiger partial charge < -0.3 is 0 Å². The van der Waals surface area contributed by atoms with E-state index in [4.69, 9.17) is 4.99 Å². The number of benzene rings is 2. The van der Waals surface area contributed by atoms with Gasteiger partial charge in [0.05, 0.1) is 0 Å². The topological polar surface area (TPSA) is 49.7 Å². The normalized spacial score (nSPS) is 18.7. The number of aryl methyl sites for hydroxylation is 1. The minimum atomic E-state index is -0.818. The third-order valence-electron chi connectivity index (χ3n) is 5.42. The van der Waals surface area contributed by atoms with E-state index < -0.39 is 17.4 Å². The Kier molecular flexibility index (Phi) is 4.38. The van der Waals surface area contributed by atoms with Crippen molar-refractivity contribution in [3.05, 3.63) is 71.0 Å². The molecule has 2 amide bonds. The van der Waals surface area contributed by atoms with E-state index in [0.29, 0.717) is 24.1 Å². The summed E-state index contributed by atoms with van der Waals surface area (Å²) in [5, 5.41) is 0. The van der Waals surface area contributed by atoms with Crippen molar-refractivity contribution in [2.45, 2.75) is 44.7 Å². The second-order valence-corrected chi connectivity index (χ2v) is 7.32. The Labute approximate surface area is 157 Å². The van der Waals surface area contributed by atoms with Gasteiger partial charge in [-0.3, -0.25) is 14.6 Å². The minimum Gasteiger partial charge on any atom is -0.269 e. The highest BCUT2D eigenvalue weighted by Gasteiger charge is 2.50. The predicted molar refractivity (Wildman–Crippen MR) is 101 cm³/mol. The van der Waals surface area contributed by atoms with Gasteiger partial charge in [-0.2, -0.15) is 0 Å². The van der Waals surface area contributed by atoms with Crippen LogP contribution in [0.3, 0.4) is 0 Å². The Morgan fingerprint density at radius 2 is 1.63 bits per heavy atom. The SMILES string of the molecule is Cc1ccc(C2=NC3(CCCCC3)N(C(=O)c3ccc(F)cc3)C2=O)cc1. The second kappa shape index (κ2) is 6.72. The fourth-order valence-electron chi connectivity index (χ4n) is 3.96. The fraction of sp³-hybridized carbons (Fsp3) is 0.318.